The summed E-state index contributed by atoms with van der Waals surface area (Å²) in [6.45, 7) is 4.17. The fourth-order valence-electron chi connectivity index (χ4n) is 2.23. The molecule has 0 heterocycles. The highest BCUT2D eigenvalue weighted by Crippen LogP contribution is 2.26. The Morgan fingerprint density at radius 3 is 2.39 bits per heavy atom. The maximum Gasteiger partial charge on any atom is 0.343 e. The highest BCUT2D eigenvalue weighted by Gasteiger charge is 2.11. The molecule has 0 N–H and O–H groups in total. The maximum absolute atomic E-state index is 12.3. The molecule has 6 nitrogen and oxygen atoms in total. The number of esters is 2. The molecule has 0 saturated heterocycles. The van der Waals surface area contributed by atoms with Gasteiger partial charge in [0, 0.05) is 17.7 Å². The Balaban J connectivity index is 2.06. The molecule has 2 aromatic carbocycles. The maximum atomic E-state index is 12.3. The van der Waals surface area contributed by atoms with Gasteiger partial charge < -0.3 is 18.9 Å². The number of hydrogen-bond donors (Lipinski definition) is 0. The second kappa shape index (κ2) is 10.6. The first-order chi connectivity index (χ1) is 13.6. The third-order valence-corrected chi connectivity index (χ3v) is 3.70. The van der Waals surface area contributed by atoms with Gasteiger partial charge in [0.15, 0.2) is 0 Å². The largest absolute Gasteiger partial charge is 0.496 e. The van der Waals surface area contributed by atoms with Gasteiger partial charge in [-0.15, -0.1) is 6.58 Å². The number of carbonyl (C=O) groups is 2. The fraction of sp³-hybridized carbons (Fsp3) is 0.182. The van der Waals surface area contributed by atoms with Gasteiger partial charge in [0.2, 0.25) is 0 Å². The molecule has 0 radical (unpaired) electrons. The van der Waals surface area contributed by atoms with Crippen molar-refractivity contribution < 1.29 is 28.5 Å². The van der Waals surface area contributed by atoms with E-state index in [2.05, 4.69) is 11.3 Å². The van der Waals surface area contributed by atoms with Crippen molar-refractivity contribution in [3.63, 3.8) is 0 Å². The van der Waals surface area contributed by atoms with Crippen molar-refractivity contribution in [2.45, 2.75) is 6.42 Å². The summed E-state index contributed by atoms with van der Waals surface area (Å²) in [7, 11) is 2.79. The molecule has 0 aliphatic heterocycles. The standard InChI is InChI=1S/C22H22O6/c1-4-5-14-27-18-10-7-17(8-11-18)22(24)28-19-12-6-16(20(15-19)25-2)9-13-21(23)26-3/h4,6-13,15H,1,5,14H2,2-3H3/b13-9+. The number of carbonyl (C=O) groups excluding carboxylic acids is 2. The summed E-state index contributed by atoms with van der Waals surface area (Å²) < 4.78 is 20.7. The van der Waals surface area contributed by atoms with Crippen LogP contribution in [0.25, 0.3) is 6.08 Å². The average Bonchev–Trinajstić information content (AvgIpc) is 2.73. The molecule has 0 aliphatic carbocycles. The van der Waals surface area contributed by atoms with Crippen LogP contribution < -0.4 is 14.2 Å². The first-order valence-corrected chi connectivity index (χ1v) is 8.57. The summed E-state index contributed by atoms with van der Waals surface area (Å²) in [4.78, 5) is 23.6. The fourth-order valence-corrected chi connectivity index (χ4v) is 2.23. The number of rotatable bonds is 9. The second-order valence-corrected chi connectivity index (χ2v) is 5.60. The molecule has 0 spiro atoms. The van der Waals surface area contributed by atoms with Gasteiger partial charge in [-0.1, -0.05) is 6.08 Å². The second-order valence-electron chi connectivity index (χ2n) is 5.60. The van der Waals surface area contributed by atoms with Crippen molar-refractivity contribution in [2.24, 2.45) is 0 Å². The monoisotopic (exact) mass is 382 g/mol. The Morgan fingerprint density at radius 2 is 1.75 bits per heavy atom. The molecule has 0 bridgehead atoms. The van der Waals surface area contributed by atoms with E-state index in [1.807, 2.05) is 0 Å². The summed E-state index contributed by atoms with van der Waals surface area (Å²) >= 11 is 0. The topological polar surface area (TPSA) is 71.1 Å². The van der Waals surface area contributed by atoms with Crippen molar-refractivity contribution in [1.29, 1.82) is 0 Å². The van der Waals surface area contributed by atoms with Crippen LogP contribution in [0.15, 0.2) is 61.2 Å². The predicted molar refractivity (Wildman–Crippen MR) is 106 cm³/mol. The van der Waals surface area contributed by atoms with E-state index in [0.717, 1.165) is 6.42 Å². The lowest BCUT2D eigenvalue weighted by Gasteiger charge is -2.09. The average molecular weight is 382 g/mol. The molecule has 2 rings (SSSR count). The number of benzene rings is 2. The molecule has 2 aromatic rings. The van der Waals surface area contributed by atoms with E-state index in [0.29, 0.717) is 35.0 Å². The Morgan fingerprint density at radius 1 is 1.04 bits per heavy atom. The SMILES string of the molecule is C=CCCOc1ccc(C(=O)Oc2ccc(/C=C/C(=O)OC)c(OC)c2)cc1. The molecule has 0 saturated carbocycles. The molecule has 0 fully saturated rings. The zero-order chi connectivity index (χ0) is 20.4. The lowest BCUT2D eigenvalue weighted by molar-refractivity contribution is -0.134. The molecule has 0 atom stereocenters. The van der Waals surface area contributed by atoms with Crippen LogP contribution in [0.2, 0.25) is 0 Å². The van der Waals surface area contributed by atoms with E-state index in [1.165, 1.54) is 20.3 Å². The summed E-state index contributed by atoms with van der Waals surface area (Å²) in [6, 6.07) is 11.6. The van der Waals surface area contributed by atoms with Gasteiger partial charge >= 0.3 is 11.9 Å². The number of ether oxygens (including phenoxy) is 4. The third kappa shape index (κ3) is 6.02. The summed E-state index contributed by atoms with van der Waals surface area (Å²) in [5, 5.41) is 0. The smallest absolute Gasteiger partial charge is 0.343 e. The normalized spacial score (nSPS) is 10.4. The minimum atomic E-state index is -0.502. The lowest BCUT2D eigenvalue weighted by atomic mass is 10.1. The van der Waals surface area contributed by atoms with Crippen LogP contribution in [0.4, 0.5) is 0 Å². The zero-order valence-electron chi connectivity index (χ0n) is 15.8. The van der Waals surface area contributed by atoms with E-state index in [-0.39, 0.29) is 0 Å². The molecule has 146 valence electrons. The lowest BCUT2D eigenvalue weighted by Crippen LogP contribution is -2.08. The van der Waals surface area contributed by atoms with Crippen molar-refractivity contribution in [2.75, 3.05) is 20.8 Å². The van der Waals surface area contributed by atoms with E-state index >= 15 is 0 Å². The molecule has 0 amide bonds. The van der Waals surface area contributed by atoms with Crippen LogP contribution in [-0.2, 0) is 9.53 Å². The first-order valence-electron chi connectivity index (χ1n) is 8.57. The van der Waals surface area contributed by atoms with Crippen molar-refractivity contribution in [3.8, 4) is 17.2 Å². The minimum absolute atomic E-state index is 0.323. The summed E-state index contributed by atoms with van der Waals surface area (Å²) in [6.07, 6.45) is 5.36. The van der Waals surface area contributed by atoms with Gasteiger partial charge in [-0.05, 0) is 48.9 Å². The summed E-state index contributed by atoms with van der Waals surface area (Å²) in [5.41, 5.74) is 1.04. The van der Waals surface area contributed by atoms with Gasteiger partial charge in [0.05, 0.1) is 26.4 Å². The highest BCUT2D eigenvalue weighted by atomic mass is 16.5. The van der Waals surface area contributed by atoms with Gasteiger partial charge in [-0.25, -0.2) is 9.59 Å². The quantitative estimate of drug-likeness (QED) is 0.214. The zero-order valence-corrected chi connectivity index (χ0v) is 15.8. The van der Waals surface area contributed by atoms with E-state index < -0.39 is 11.9 Å². The van der Waals surface area contributed by atoms with Crippen molar-refractivity contribution in [3.05, 3.63) is 72.3 Å². The van der Waals surface area contributed by atoms with Gasteiger partial charge in [0.1, 0.15) is 17.2 Å². The first kappa shape index (κ1) is 20.8. The molecule has 6 heteroatoms. The van der Waals surface area contributed by atoms with E-state index in [9.17, 15) is 9.59 Å². The number of methoxy groups -OCH3 is 2. The Kier molecular flexibility index (Phi) is 7.84. The van der Waals surface area contributed by atoms with Crippen LogP contribution in [0, 0.1) is 0 Å². The van der Waals surface area contributed by atoms with Gasteiger partial charge in [-0.2, -0.15) is 0 Å². The van der Waals surface area contributed by atoms with Crippen LogP contribution in [0.5, 0.6) is 17.2 Å². The molecular weight excluding hydrogens is 360 g/mol. The highest BCUT2D eigenvalue weighted by molar-refractivity contribution is 5.91. The number of hydrogen-bond acceptors (Lipinski definition) is 6. The molecule has 0 aromatic heterocycles. The van der Waals surface area contributed by atoms with Gasteiger partial charge in [0.25, 0.3) is 0 Å². The van der Waals surface area contributed by atoms with Gasteiger partial charge in [-0.3, -0.25) is 0 Å². The molecule has 0 aliphatic rings. The summed E-state index contributed by atoms with van der Waals surface area (Å²) in [5.74, 6) is 0.466. The molecule has 0 unspecified atom stereocenters. The van der Waals surface area contributed by atoms with Crippen molar-refractivity contribution >= 4 is 18.0 Å². The minimum Gasteiger partial charge on any atom is -0.496 e. The van der Waals surface area contributed by atoms with Crippen molar-refractivity contribution in [1.82, 2.24) is 0 Å². The van der Waals surface area contributed by atoms with E-state index in [1.54, 1.807) is 54.6 Å². The Hall–Kier alpha value is -3.54. The van der Waals surface area contributed by atoms with Crippen LogP contribution in [0.3, 0.4) is 0 Å². The molecule has 28 heavy (non-hydrogen) atoms. The Bertz CT molecular complexity index is 852. The van der Waals surface area contributed by atoms with Crippen LogP contribution in [-0.4, -0.2) is 32.8 Å². The Labute approximate surface area is 164 Å². The van der Waals surface area contributed by atoms with E-state index in [4.69, 9.17) is 14.2 Å². The third-order valence-electron chi connectivity index (χ3n) is 3.70. The molecular formula is C22H22O6. The predicted octanol–water partition coefficient (Wildman–Crippen LogP) is 4.06. The van der Waals surface area contributed by atoms with Crippen LogP contribution >= 0.6 is 0 Å². The van der Waals surface area contributed by atoms with Crippen LogP contribution in [0.1, 0.15) is 22.3 Å².